The molecule has 1 aliphatic carbocycles. The van der Waals surface area contributed by atoms with Gasteiger partial charge in [0.2, 0.25) is 5.91 Å². The molecule has 0 spiro atoms. The summed E-state index contributed by atoms with van der Waals surface area (Å²) in [6.45, 7) is 0.680. The Morgan fingerprint density at radius 2 is 1.82 bits per heavy atom. The van der Waals surface area contributed by atoms with Crippen molar-refractivity contribution in [1.29, 1.82) is 0 Å². The van der Waals surface area contributed by atoms with Crippen molar-refractivity contribution in [2.24, 2.45) is 5.92 Å². The first-order chi connectivity index (χ1) is 8.00. The van der Waals surface area contributed by atoms with Gasteiger partial charge in [-0.15, -0.1) is 0 Å². The van der Waals surface area contributed by atoms with Gasteiger partial charge in [-0.05, 0) is 25.7 Å². The van der Waals surface area contributed by atoms with Crippen LogP contribution in [0.3, 0.4) is 0 Å². The minimum absolute atomic E-state index is 0.122. The number of hydrogen-bond donors (Lipinski definition) is 2. The lowest BCUT2D eigenvalue weighted by Crippen LogP contribution is -2.37. The average molecular weight is 242 g/mol. The lowest BCUT2D eigenvalue weighted by Gasteiger charge is -2.27. The summed E-state index contributed by atoms with van der Waals surface area (Å²) in [6.07, 6.45) is 3.79. The molecule has 0 bridgehead atoms. The normalized spacial score (nSPS) is 24.4. The number of carboxylic acids is 1. The Morgan fingerprint density at radius 3 is 2.29 bits per heavy atom. The lowest BCUT2D eigenvalue weighted by molar-refractivity contribution is -0.142. The smallest absolute Gasteiger partial charge is 0.306 e. The molecule has 2 N–H and O–H groups in total. The minimum atomic E-state index is -0.675. The van der Waals surface area contributed by atoms with Crippen molar-refractivity contribution in [3.05, 3.63) is 0 Å². The Kier molecular flexibility index (Phi) is 5.41. The standard InChI is InChI=1S/C12H22N2O3/c1-14(2)11(15)7-8-13-10-5-3-9(4-6-10)12(16)17/h9-10,13H,3-8H2,1-2H3,(H,16,17). The molecule has 1 fully saturated rings. The van der Waals surface area contributed by atoms with E-state index in [1.165, 1.54) is 0 Å². The van der Waals surface area contributed by atoms with Crippen molar-refractivity contribution in [2.75, 3.05) is 20.6 Å². The number of aliphatic carboxylic acids is 1. The Hall–Kier alpha value is -1.10. The first-order valence-electron chi connectivity index (χ1n) is 6.17. The zero-order chi connectivity index (χ0) is 12.8. The van der Waals surface area contributed by atoms with Gasteiger partial charge in [-0.3, -0.25) is 9.59 Å². The van der Waals surface area contributed by atoms with Crippen LogP contribution in [0.4, 0.5) is 0 Å². The zero-order valence-corrected chi connectivity index (χ0v) is 10.6. The number of rotatable bonds is 5. The van der Waals surface area contributed by atoms with E-state index in [0.29, 0.717) is 19.0 Å². The molecular weight excluding hydrogens is 220 g/mol. The molecule has 0 heterocycles. The third-order valence-corrected chi connectivity index (χ3v) is 3.35. The van der Waals surface area contributed by atoms with E-state index in [4.69, 9.17) is 5.11 Å². The van der Waals surface area contributed by atoms with Gasteiger partial charge < -0.3 is 15.3 Å². The maximum atomic E-state index is 11.3. The SMILES string of the molecule is CN(C)C(=O)CCNC1CCC(C(=O)O)CC1. The highest BCUT2D eigenvalue weighted by Gasteiger charge is 2.25. The number of nitrogens with one attached hydrogen (secondary N) is 1. The second kappa shape index (κ2) is 6.59. The van der Waals surface area contributed by atoms with Gasteiger partial charge in [-0.25, -0.2) is 0 Å². The number of carbonyl (C=O) groups excluding carboxylic acids is 1. The van der Waals surface area contributed by atoms with Crippen LogP contribution in [0, 0.1) is 5.92 Å². The molecule has 0 aromatic heterocycles. The second-order valence-electron chi connectivity index (χ2n) is 4.88. The molecule has 1 aliphatic rings. The van der Waals surface area contributed by atoms with E-state index in [1.807, 2.05) is 0 Å². The number of carbonyl (C=O) groups is 2. The van der Waals surface area contributed by atoms with Crippen molar-refractivity contribution in [2.45, 2.75) is 38.1 Å². The molecule has 1 rings (SSSR count). The number of nitrogens with zero attached hydrogens (tertiary/aromatic N) is 1. The molecule has 5 nitrogen and oxygen atoms in total. The van der Waals surface area contributed by atoms with Gasteiger partial charge in [0.05, 0.1) is 5.92 Å². The molecule has 0 atom stereocenters. The minimum Gasteiger partial charge on any atom is -0.481 e. The van der Waals surface area contributed by atoms with E-state index in [0.717, 1.165) is 25.7 Å². The molecule has 1 amide bonds. The fourth-order valence-corrected chi connectivity index (χ4v) is 2.15. The number of amides is 1. The first-order valence-corrected chi connectivity index (χ1v) is 6.17. The van der Waals surface area contributed by atoms with Gasteiger partial charge in [-0.1, -0.05) is 0 Å². The van der Waals surface area contributed by atoms with Crippen molar-refractivity contribution >= 4 is 11.9 Å². The van der Waals surface area contributed by atoms with Crippen LogP contribution in [0.5, 0.6) is 0 Å². The van der Waals surface area contributed by atoms with Crippen molar-refractivity contribution in [1.82, 2.24) is 10.2 Å². The Labute approximate surface area is 102 Å². The quantitative estimate of drug-likeness (QED) is 0.744. The van der Waals surface area contributed by atoms with Crippen LogP contribution >= 0.6 is 0 Å². The molecule has 0 saturated heterocycles. The van der Waals surface area contributed by atoms with Gasteiger partial charge >= 0.3 is 5.97 Å². The van der Waals surface area contributed by atoms with E-state index in [2.05, 4.69) is 5.32 Å². The van der Waals surface area contributed by atoms with E-state index in [9.17, 15) is 9.59 Å². The Bertz CT molecular complexity index is 271. The van der Waals surface area contributed by atoms with Gasteiger partial charge in [-0.2, -0.15) is 0 Å². The fraction of sp³-hybridized carbons (Fsp3) is 0.833. The molecule has 5 heteroatoms. The third kappa shape index (κ3) is 4.73. The Morgan fingerprint density at radius 1 is 1.24 bits per heavy atom. The van der Waals surface area contributed by atoms with Crippen molar-refractivity contribution < 1.29 is 14.7 Å². The van der Waals surface area contributed by atoms with Crippen molar-refractivity contribution in [3.63, 3.8) is 0 Å². The highest BCUT2D eigenvalue weighted by molar-refractivity contribution is 5.75. The number of hydrogen-bond acceptors (Lipinski definition) is 3. The molecule has 0 unspecified atom stereocenters. The molecule has 0 aliphatic heterocycles. The maximum Gasteiger partial charge on any atom is 0.306 e. The molecule has 0 aromatic carbocycles. The van der Waals surface area contributed by atoms with Crippen LogP contribution in [0.25, 0.3) is 0 Å². The lowest BCUT2D eigenvalue weighted by atomic mass is 9.86. The summed E-state index contributed by atoms with van der Waals surface area (Å²) < 4.78 is 0. The van der Waals surface area contributed by atoms with Crippen LogP contribution < -0.4 is 5.32 Å². The largest absolute Gasteiger partial charge is 0.481 e. The van der Waals surface area contributed by atoms with E-state index >= 15 is 0 Å². The summed E-state index contributed by atoms with van der Waals surface area (Å²) in [6, 6.07) is 0.376. The summed E-state index contributed by atoms with van der Waals surface area (Å²) in [4.78, 5) is 23.7. The van der Waals surface area contributed by atoms with Gasteiger partial charge in [0, 0.05) is 33.1 Å². The predicted molar refractivity (Wildman–Crippen MR) is 64.7 cm³/mol. The number of carboxylic acid groups (broad SMARTS) is 1. The highest BCUT2D eigenvalue weighted by atomic mass is 16.4. The average Bonchev–Trinajstić information content (AvgIpc) is 2.29. The van der Waals surface area contributed by atoms with Crippen LogP contribution in [-0.2, 0) is 9.59 Å². The van der Waals surface area contributed by atoms with Gasteiger partial charge in [0.15, 0.2) is 0 Å². The topological polar surface area (TPSA) is 69.6 Å². The zero-order valence-electron chi connectivity index (χ0n) is 10.6. The summed E-state index contributed by atoms with van der Waals surface area (Å²) >= 11 is 0. The molecule has 0 aromatic rings. The summed E-state index contributed by atoms with van der Waals surface area (Å²) in [7, 11) is 3.50. The molecule has 0 radical (unpaired) electrons. The maximum absolute atomic E-state index is 11.3. The molecule has 1 saturated carbocycles. The summed E-state index contributed by atoms with van der Waals surface area (Å²) in [5, 5.41) is 12.2. The first kappa shape index (κ1) is 14.0. The fourth-order valence-electron chi connectivity index (χ4n) is 2.15. The third-order valence-electron chi connectivity index (χ3n) is 3.35. The predicted octanol–water partition coefficient (Wildman–Crippen LogP) is 0.698. The monoisotopic (exact) mass is 242 g/mol. The molecule has 98 valence electrons. The van der Waals surface area contributed by atoms with Crippen LogP contribution in [0.15, 0.2) is 0 Å². The van der Waals surface area contributed by atoms with E-state index in [-0.39, 0.29) is 11.8 Å². The summed E-state index contributed by atoms with van der Waals surface area (Å²) in [5.74, 6) is -0.723. The van der Waals surface area contributed by atoms with Gasteiger partial charge in [0.25, 0.3) is 0 Å². The van der Waals surface area contributed by atoms with Gasteiger partial charge in [0.1, 0.15) is 0 Å². The van der Waals surface area contributed by atoms with E-state index < -0.39 is 5.97 Å². The summed E-state index contributed by atoms with van der Waals surface area (Å²) in [5.41, 5.74) is 0. The second-order valence-corrected chi connectivity index (χ2v) is 4.88. The van der Waals surface area contributed by atoms with Crippen molar-refractivity contribution in [3.8, 4) is 0 Å². The molecule has 17 heavy (non-hydrogen) atoms. The van der Waals surface area contributed by atoms with Crippen LogP contribution in [0.2, 0.25) is 0 Å². The van der Waals surface area contributed by atoms with E-state index in [1.54, 1.807) is 19.0 Å². The van der Waals surface area contributed by atoms with Crippen LogP contribution in [0.1, 0.15) is 32.1 Å². The van der Waals surface area contributed by atoms with Crippen LogP contribution in [-0.4, -0.2) is 48.6 Å². The highest BCUT2D eigenvalue weighted by Crippen LogP contribution is 2.24. The molecular formula is C12H22N2O3. The Balaban J connectivity index is 2.14.